The summed E-state index contributed by atoms with van der Waals surface area (Å²) in [6, 6.07) is 4.67. The van der Waals surface area contributed by atoms with Crippen LogP contribution in [-0.4, -0.2) is 11.4 Å². The van der Waals surface area contributed by atoms with Crippen LogP contribution in [0.15, 0.2) is 24.3 Å². The molecule has 0 bridgehead atoms. The predicted molar refractivity (Wildman–Crippen MR) is 47.6 cm³/mol. The van der Waals surface area contributed by atoms with Gasteiger partial charge < -0.3 is 10.8 Å². The molecule has 12 heavy (non-hydrogen) atoms. The Morgan fingerprint density at radius 2 is 2.17 bits per heavy atom. The van der Waals surface area contributed by atoms with Crippen molar-refractivity contribution in [3.05, 3.63) is 29.8 Å². The molecular formula is C9H9NO2. The number of phenolic OH excluding ortho intramolecular Hbond substituents is 1. The minimum Gasteiger partial charge on any atom is -0.507 e. The molecule has 0 saturated heterocycles. The van der Waals surface area contributed by atoms with Crippen molar-refractivity contribution in [2.45, 2.75) is 0 Å². The first-order valence-electron chi connectivity index (χ1n) is 3.44. The molecule has 0 radical (unpaired) electrons. The highest BCUT2D eigenvalue weighted by Crippen LogP contribution is 2.20. The van der Waals surface area contributed by atoms with Gasteiger partial charge in [0.1, 0.15) is 12.0 Å². The second kappa shape index (κ2) is 3.57. The Bertz CT molecular complexity index is 318. The molecule has 1 rings (SSSR count). The van der Waals surface area contributed by atoms with Gasteiger partial charge in [-0.25, -0.2) is 0 Å². The van der Waals surface area contributed by atoms with E-state index in [0.717, 1.165) is 0 Å². The van der Waals surface area contributed by atoms with Gasteiger partial charge >= 0.3 is 0 Å². The van der Waals surface area contributed by atoms with E-state index in [1.165, 1.54) is 18.2 Å². The lowest BCUT2D eigenvalue weighted by atomic mass is 10.1. The van der Waals surface area contributed by atoms with Crippen molar-refractivity contribution in [3.8, 4) is 5.75 Å². The molecular weight excluding hydrogens is 154 g/mol. The first-order valence-corrected chi connectivity index (χ1v) is 3.44. The van der Waals surface area contributed by atoms with Crippen LogP contribution in [0.25, 0.3) is 6.08 Å². The number of aldehydes is 1. The third-order valence-electron chi connectivity index (χ3n) is 1.41. The van der Waals surface area contributed by atoms with Crippen LogP contribution < -0.4 is 5.73 Å². The van der Waals surface area contributed by atoms with Gasteiger partial charge in [-0.05, 0) is 30.4 Å². The molecule has 62 valence electrons. The van der Waals surface area contributed by atoms with Gasteiger partial charge in [0.25, 0.3) is 0 Å². The maximum absolute atomic E-state index is 9.97. The van der Waals surface area contributed by atoms with Crippen molar-refractivity contribution in [2.24, 2.45) is 0 Å². The number of hydrogen-bond donors (Lipinski definition) is 2. The molecule has 0 aromatic heterocycles. The summed E-state index contributed by atoms with van der Waals surface area (Å²) in [5.41, 5.74) is 6.56. The van der Waals surface area contributed by atoms with Gasteiger partial charge in [0.05, 0.1) is 0 Å². The van der Waals surface area contributed by atoms with Gasteiger partial charge in [0, 0.05) is 11.3 Å². The van der Waals surface area contributed by atoms with Crippen molar-refractivity contribution in [1.82, 2.24) is 0 Å². The van der Waals surface area contributed by atoms with Gasteiger partial charge in [-0.2, -0.15) is 0 Å². The third-order valence-corrected chi connectivity index (χ3v) is 1.41. The molecule has 0 atom stereocenters. The highest BCUT2D eigenvalue weighted by molar-refractivity contribution is 5.76. The summed E-state index contributed by atoms with van der Waals surface area (Å²) in [6.07, 6.45) is 3.44. The van der Waals surface area contributed by atoms with Crippen LogP contribution >= 0.6 is 0 Å². The van der Waals surface area contributed by atoms with Crippen molar-refractivity contribution < 1.29 is 9.90 Å². The number of carbonyl (C=O) groups is 1. The number of aromatic hydroxyl groups is 1. The maximum atomic E-state index is 9.97. The summed E-state index contributed by atoms with van der Waals surface area (Å²) >= 11 is 0. The van der Waals surface area contributed by atoms with Crippen LogP contribution in [0.4, 0.5) is 5.69 Å². The van der Waals surface area contributed by atoms with E-state index < -0.39 is 0 Å². The molecule has 0 amide bonds. The highest BCUT2D eigenvalue weighted by atomic mass is 16.3. The Labute approximate surface area is 70.1 Å². The Hall–Kier alpha value is -1.77. The number of nitrogens with two attached hydrogens (primary N) is 1. The summed E-state index contributed by atoms with van der Waals surface area (Å²) in [7, 11) is 0. The zero-order valence-corrected chi connectivity index (χ0v) is 6.40. The van der Waals surface area contributed by atoms with E-state index >= 15 is 0 Å². The van der Waals surface area contributed by atoms with E-state index in [-0.39, 0.29) is 5.75 Å². The van der Waals surface area contributed by atoms with Gasteiger partial charge in [-0.1, -0.05) is 0 Å². The quantitative estimate of drug-likeness (QED) is 0.298. The molecule has 0 aliphatic rings. The molecule has 3 N–H and O–H groups in total. The molecule has 3 heteroatoms. The predicted octanol–water partition coefficient (Wildman–Crippen LogP) is 1.19. The number of anilines is 1. The largest absolute Gasteiger partial charge is 0.507 e. The molecule has 0 saturated carbocycles. The minimum atomic E-state index is 0.113. The maximum Gasteiger partial charge on any atom is 0.142 e. The second-order valence-electron chi connectivity index (χ2n) is 2.31. The molecule has 0 spiro atoms. The van der Waals surface area contributed by atoms with Crippen molar-refractivity contribution in [2.75, 3.05) is 5.73 Å². The number of benzene rings is 1. The van der Waals surface area contributed by atoms with Crippen LogP contribution in [0.2, 0.25) is 0 Å². The molecule has 0 heterocycles. The number of hydrogen-bond acceptors (Lipinski definition) is 3. The van der Waals surface area contributed by atoms with Crippen LogP contribution in [0.5, 0.6) is 5.75 Å². The fraction of sp³-hybridized carbons (Fsp3) is 0. The summed E-state index contributed by atoms with van der Waals surface area (Å²) in [5, 5.41) is 9.24. The second-order valence-corrected chi connectivity index (χ2v) is 2.31. The van der Waals surface area contributed by atoms with E-state index in [4.69, 9.17) is 5.73 Å². The Morgan fingerprint density at radius 3 is 2.83 bits per heavy atom. The smallest absolute Gasteiger partial charge is 0.142 e. The van der Waals surface area contributed by atoms with Gasteiger partial charge in [-0.15, -0.1) is 0 Å². The lowest BCUT2D eigenvalue weighted by Gasteiger charge is -1.98. The zero-order chi connectivity index (χ0) is 8.97. The number of allylic oxidation sites excluding steroid dienone is 1. The summed E-state index contributed by atoms with van der Waals surface area (Å²) in [5.74, 6) is 0.113. The SMILES string of the molecule is Nc1ccc(O)c(C=CC=O)c1. The normalized spacial score (nSPS) is 10.3. The van der Waals surface area contributed by atoms with E-state index in [1.807, 2.05) is 0 Å². The van der Waals surface area contributed by atoms with E-state index in [2.05, 4.69) is 0 Å². The fourth-order valence-electron chi connectivity index (χ4n) is 0.849. The van der Waals surface area contributed by atoms with Crippen LogP contribution in [0, 0.1) is 0 Å². The average Bonchev–Trinajstić information content (AvgIpc) is 2.07. The number of phenols is 1. The van der Waals surface area contributed by atoms with E-state index in [0.29, 0.717) is 17.5 Å². The Kier molecular flexibility index (Phi) is 2.48. The van der Waals surface area contributed by atoms with E-state index in [9.17, 15) is 9.90 Å². The molecule has 0 unspecified atom stereocenters. The van der Waals surface area contributed by atoms with Gasteiger partial charge in [0.2, 0.25) is 0 Å². The zero-order valence-electron chi connectivity index (χ0n) is 6.40. The topological polar surface area (TPSA) is 63.3 Å². The number of rotatable bonds is 2. The van der Waals surface area contributed by atoms with Gasteiger partial charge in [-0.3, -0.25) is 4.79 Å². The van der Waals surface area contributed by atoms with Crippen LogP contribution in [0.3, 0.4) is 0 Å². The van der Waals surface area contributed by atoms with E-state index in [1.54, 1.807) is 12.1 Å². The average molecular weight is 163 g/mol. The summed E-state index contributed by atoms with van der Waals surface area (Å²) in [4.78, 5) is 9.97. The molecule has 0 fully saturated rings. The standard InChI is InChI=1S/C9H9NO2/c10-8-3-4-9(12)7(6-8)2-1-5-11/h1-6,12H,10H2. The van der Waals surface area contributed by atoms with Gasteiger partial charge in [0.15, 0.2) is 0 Å². The Balaban J connectivity index is 3.04. The molecule has 1 aromatic rings. The number of carbonyl (C=O) groups excluding carboxylic acids is 1. The lowest BCUT2D eigenvalue weighted by molar-refractivity contribution is -0.104. The summed E-state index contributed by atoms with van der Waals surface area (Å²) < 4.78 is 0. The molecule has 0 aliphatic carbocycles. The molecule has 0 aliphatic heterocycles. The van der Waals surface area contributed by atoms with Crippen molar-refractivity contribution in [1.29, 1.82) is 0 Å². The van der Waals surface area contributed by atoms with Crippen LogP contribution in [0.1, 0.15) is 5.56 Å². The first-order chi connectivity index (χ1) is 5.74. The van der Waals surface area contributed by atoms with Crippen molar-refractivity contribution >= 4 is 18.0 Å². The number of nitrogen functional groups attached to an aromatic ring is 1. The third kappa shape index (κ3) is 1.85. The first kappa shape index (κ1) is 8.33. The Morgan fingerprint density at radius 1 is 1.42 bits per heavy atom. The monoisotopic (exact) mass is 163 g/mol. The van der Waals surface area contributed by atoms with Crippen molar-refractivity contribution in [3.63, 3.8) is 0 Å². The molecule has 3 nitrogen and oxygen atoms in total. The highest BCUT2D eigenvalue weighted by Gasteiger charge is 1.95. The fourth-order valence-corrected chi connectivity index (χ4v) is 0.849. The lowest BCUT2D eigenvalue weighted by Crippen LogP contribution is -1.84. The molecule has 1 aromatic carbocycles. The van der Waals surface area contributed by atoms with Crippen LogP contribution in [-0.2, 0) is 4.79 Å². The summed E-state index contributed by atoms with van der Waals surface area (Å²) in [6.45, 7) is 0. The minimum absolute atomic E-state index is 0.113.